The Morgan fingerprint density at radius 1 is 1.09 bits per heavy atom. The summed E-state index contributed by atoms with van der Waals surface area (Å²) in [6.45, 7) is 1.94. The molecule has 0 atom stereocenters. The van der Waals surface area contributed by atoms with Gasteiger partial charge in [0.2, 0.25) is 5.95 Å². The molecule has 112 valence electrons. The van der Waals surface area contributed by atoms with Crippen molar-refractivity contribution in [2.45, 2.75) is 25.7 Å². The van der Waals surface area contributed by atoms with Crippen molar-refractivity contribution in [3.63, 3.8) is 0 Å². The van der Waals surface area contributed by atoms with Crippen molar-refractivity contribution in [3.05, 3.63) is 36.0 Å². The third-order valence-corrected chi connectivity index (χ3v) is 3.75. The summed E-state index contributed by atoms with van der Waals surface area (Å²) in [5, 5.41) is 20.5. The number of rotatable bonds is 3. The van der Waals surface area contributed by atoms with Gasteiger partial charge in [-0.2, -0.15) is 15.3 Å². The van der Waals surface area contributed by atoms with Crippen LogP contribution in [-0.4, -0.2) is 28.3 Å². The van der Waals surface area contributed by atoms with E-state index in [1.165, 1.54) is 12.8 Å². The summed E-state index contributed by atoms with van der Waals surface area (Å²) in [4.78, 5) is 6.72. The van der Waals surface area contributed by atoms with Crippen LogP contribution in [0.1, 0.15) is 31.2 Å². The molecule has 0 amide bonds. The molecule has 1 aliphatic rings. The molecule has 0 aliphatic carbocycles. The fourth-order valence-corrected chi connectivity index (χ4v) is 2.59. The molecule has 3 rings (SSSR count). The zero-order chi connectivity index (χ0) is 15.2. The molecule has 1 N–H and O–H groups in total. The van der Waals surface area contributed by atoms with E-state index in [9.17, 15) is 0 Å². The van der Waals surface area contributed by atoms with Crippen LogP contribution >= 0.6 is 0 Å². The van der Waals surface area contributed by atoms with E-state index in [0.29, 0.717) is 17.3 Å². The molecule has 0 unspecified atom stereocenters. The molecule has 0 saturated carbocycles. The summed E-state index contributed by atoms with van der Waals surface area (Å²) < 4.78 is 0. The lowest BCUT2D eigenvalue weighted by Crippen LogP contribution is -2.26. The van der Waals surface area contributed by atoms with E-state index >= 15 is 0 Å². The molecule has 2 aromatic rings. The van der Waals surface area contributed by atoms with Crippen LogP contribution in [0.5, 0.6) is 0 Å². The maximum Gasteiger partial charge on any atom is 0.247 e. The molecule has 0 spiro atoms. The van der Waals surface area contributed by atoms with Gasteiger partial charge in [0.1, 0.15) is 6.07 Å². The first-order valence-electron chi connectivity index (χ1n) is 7.57. The van der Waals surface area contributed by atoms with Crippen LogP contribution in [0.2, 0.25) is 0 Å². The minimum Gasteiger partial charge on any atom is -0.339 e. The number of nitriles is 1. The molecule has 1 saturated heterocycles. The highest BCUT2D eigenvalue weighted by molar-refractivity contribution is 5.64. The quantitative estimate of drug-likeness (QED) is 0.938. The summed E-state index contributed by atoms with van der Waals surface area (Å²) in [6.07, 6.45) is 6.43. The Bertz CT molecular complexity index is 670. The van der Waals surface area contributed by atoms with Gasteiger partial charge in [-0.15, -0.1) is 5.10 Å². The summed E-state index contributed by atoms with van der Waals surface area (Å²) in [6, 6.07) is 9.51. The summed E-state index contributed by atoms with van der Waals surface area (Å²) >= 11 is 0. The van der Waals surface area contributed by atoms with E-state index in [0.717, 1.165) is 31.6 Å². The van der Waals surface area contributed by atoms with Gasteiger partial charge in [-0.05, 0) is 25.0 Å². The molecular formula is C16H18N6. The number of benzene rings is 1. The summed E-state index contributed by atoms with van der Waals surface area (Å²) in [7, 11) is 0. The molecule has 22 heavy (non-hydrogen) atoms. The molecule has 2 heterocycles. The zero-order valence-electron chi connectivity index (χ0n) is 12.4. The Labute approximate surface area is 129 Å². The van der Waals surface area contributed by atoms with Crippen LogP contribution in [0.15, 0.2) is 30.5 Å². The maximum absolute atomic E-state index is 9.14. The van der Waals surface area contributed by atoms with Gasteiger partial charge >= 0.3 is 0 Å². The van der Waals surface area contributed by atoms with Gasteiger partial charge in [-0.3, -0.25) is 0 Å². The predicted octanol–water partition coefficient (Wildman–Crippen LogP) is 2.87. The van der Waals surface area contributed by atoms with Gasteiger partial charge in [0, 0.05) is 13.1 Å². The number of nitrogens with one attached hydrogen (secondary N) is 1. The van der Waals surface area contributed by atoms with Crippen molar-refractivity contribution < 1.29 is 0 Å². The zero-order valence-corrected chi connectivity index (χ0v) is 12.4. The van der Waals surface area contributed by atoms with E-state index in [1.807, 2.05) is 18.2 Å². The lowest BCUT2D eigenvalue weighted by atomic mass is 10.2. The Hall–Kier alpha value is -2.68. The third kappa shape index (κ3) is 3.31. The van der Waals surface area contributed by atoms with Gasteiger partial charge < -0.3 is 10.2 Å². The largest absolute Gasteiger partial charge is 0.339 e. The monoisotopic (exact) mass is 294 g/mol. The molecule has 0 radical (unpaired) electrons. The first kappa shape index (κ1) is 14.3. The second-order valence-electron chi connectivity index (χ2n) is 5.33. The van der Waals surface area contributed by atoms with Crippen LogP contribution in [0.4, 0.5) is 17.5 Å². The SMILES string of the molecule is N#Cc1ccccc1Nc1cnnc(N2CCCCCC2)n1. The lowest BCUT2D eigenvalue weighted by molar-refractivity contribution is 0.726. The molecule has 6 heteroatoms. The summed E-state index contributed by atoms with van der Waals surface area (Å²) in [5.74, 6) is 1.26. The number of para-hydroxylation sites is 1. The van der Waals surface area contributed by atoms with Gasteiger partial charge in [-0.25, -0.2) is 0 Å². The van der Waals surface area contributed by atoms with Crippen LogP contribution in [0, 0.1) is 11.3 Å². The Morgan fingerprint density at radius 2 is 1.86 bits per heavy atom. The highest BCUT2D eigenvalue weighted by Crippen LogP contribution is 2.20. The molecule has 6 nitrogen and oxygen atoms in total. The number of anilines is 3. The lowest BCUT2D eigenvalue weighted by Gasteiger charge is -2.19. The highest BCUT2D eigenvalue weighted by Gasteiger charge is 2.13. The van der Waals surface area contributed by atoms with E-state index in [4.69, 9.17) is 5.26 Å². The van der Waals surface area contributed by atoms with Crippen molar-refractivity contribution in [2.24, 2.45) is 0 Å². The fraction of sp³-hybridized carbons (Fsp3) is 0.375. The topological polar surface area (TPSA) is 77.7 Å². The van der Waals surface area contributed by atoms with Gasteiger partial charge in [0.05, 0.1) is 17.4 Å². The number of hydrogen-bond donors (Lipinski definition) is 1. The average Bonchev–Trinajstić information content (AvgIpc) is 2.85. The molecule has 1 aliphatic heterocycles. The highest BCUT2D eigenvalue weighted by atomic mass is 15.3. The minimum atomic E-state index is 0.581. The first-order valence-corrected chi connectivity index (χ1v) is 7.57. The first-order chi connectivity index (χ1) is 10.9. The van der Waals surface area contributed by atoms with E-state index in [2.05, 4.69) is 31.5 Å². The van der Waals surface area contributed by atoms with Gasteiger partial charge in [-0.1, -0.05) is 25.0 Å². The van der Waals surface area contributed by atoms with E-state index in [1.54, 1.807) is 12.3 Å². The van der Waals surface area contributed by atoms with Crippen molar-refractivity contribution in [1.82, 2.24) is 15.2 Å². The summed E-state index contributed by atoms with van der Waals surface area (Å²) in [5.41, 5.74) is 1.31. The standard InChI is InChI=1S/C16H18N6/c17-11-13-7-3-4-8-14(13)19-15-12-18-21-16(20-15)22-9-5-1-2-6-10-22/h3-4,7-8,12H,1-2,5-6,9-10H2,(H,19,20,21). The Kier molecular flexibility index (Phi) is 4.44. The van der Waals surface area contributed by atoms with Crippen molar-refractivity contribution in [1.29, 1.82) is 5.26 Å². The molecule has 1 aromatic carbocycles. The van der Waals surface area contributed by atoms with Crippen molar-refractivity contribution >= 4 is 17.5 Å². The third-order valence-electron chi connectivity index (χ3n) is 3.75. The smallest absolute Gasteiger partial charge is 0.247 e. The van der Waals surface area contributed by atoms with E-state index < -0.39 is 0 Å². The molecular weight excluding hydrogens is 276 g/mol. The normalized spacial score (nSPS) is 15.0. The molecule has 1 fully saturated rings. The number of aromatic nitrogens is 3. The number of nitrogens with zero attached hydrogens (tertiary/aromatic N) is 5. The maximum atomic E-state index is 9.14. The van der Waals surface area contributed by atoms with Crippen molar-refractivity contribution in [2.75, 3.05) is 23.3 Å². The Balaban J connectivity index is 1.80. The Morgan fingerprint density at radius 3 is 2.64 bits per heavy atom. The molecule has 0 bridgehead atoms. The van der Waals surface area contributed by atoms with E-state index in [-0.39, 0.29) is 0 Å². The fourth-order valence-electron chi connectivity index (χ4n) is 2.59. The second kappa shape index (κ2) is 6.85. The van der Waals surface area contributed by atoms with Gasteiger partial charge in [0.15, 0.2) is 5.82 Å². The predicted molar refractivity (Wildman–Crippen MR) is 84.9 cm³/mol. The van der Waals surface area contributed by atoms with Gasteiger partial charge in [0.25, 0.3) is 0 Å². The number of hydrogen-bond acceptors (Lipinski definition) is 6. The van der Waals surface area contributed by atoms with Crippen LogP contribution in [0.3, 0.4) is 0 Å². The average molecular weight is 294 g/mol. The van der Waals surface area contributed by atoms with Crippen LogP contribution in [-0.2, 0) is 0 Å². The van der Waals surface area contributed by atoms with Crippen LogP contribution < -0.4 is 10.2 Å². The van der Waals surface area contributed by atoms with Crippen LogP contribution in [0.25, 0.3) is 0 Å². The second-order valence-corrected chi connectivity index (χ2v) is 5.33. The van der Waals surface area contributed by atoms with Crippen molar-refractivity contribution in [3.8, 4) is 6.07 Å². The molecule has 1 aromatic heterocycles. The minimum absolute atomic E-state index is 0.581.